The first-order chi connectivity index (χ1) is 9.11. The molecule has 1 saturated heterocycles. The highest BCUT2D eigenvalue weighted by molar-refractivity contribution is 7.11. The Morgan fingerprint density at radius 3 is 2.47 bits per heavy atom. The molecule has 0 atom stereocenters. The molecule has 0 N–H and O–H groups in total. The van der Waals surface area contributed by atoms with Crippen LogP contribution in [-0.4, -0.2) is 59.6 Å². The van der Waals surface area contributed by atoms with Crippen LogP contribution in [0.4, 0.5) is 4.79 Å². The Hall–Kier alpha value is -1.63. The first-order valence-corrected chi connectivity index (χ1v) is 7.13. The molecule has 1 aromatic rings. The van der Waals surface area contributed by atoms with Gasteiger partial charge in [0.1, 0.15) is 0 Å². The molecule has 1 aliphatic heterocycles. The van der Waals surface area contributed by atoms with E-state index < -0.39 is 0 Å². The molecular formula is C12H17N3O3S. The molecule has 1 fully saturated rings. The molecule has 0 spiro atoms. The summed E-state index contributed by atoms with van der Waals surface area (Å²) in [7, 11) is 0. The zero-order valence-corrected chi connectivity index (χ0v) is 11.9. The Kier molecular flexibility index (Phi) is 4.36. The van der Waals surface area contributed by atoms with E-state index in [9.17, 15) is 9.59 Å². The van der Waals surface area contributed by atoms with Crippen molar-refractivity contribution in [2.45, 2.75) is 13.8 Å². The number of piperazine rings is 1. The summed E-state index contributed by atoms with van der Waals surface area (Å²) in [4.78, 5) is 31.2. The van der Waals surface area contributed by atoms with Crippen LogP contribution in [0.3, 0.4) is 0 Å². The fourth-order valence-electron chi connectivity index (χ4n) is 1.89. The van der Waals surface area contributed by atoms with Gasteiger partial charge in [0.25, 0.3) is 5.91 Å². The molecule has 0 radical (unpaired) electrons. The maximum absolute atomic E-state index is 12.2. The highest BCUT2D eigenvalue weighted by Crippen LogP contribution is 2.13. The second kappa shape index (κ2) is 6.01. The van der Waals surface area contributed by atoms with Gasteiger partial charge in [-0.3, -0.25) is 4.79 Å². The van der Waals surface area contributed by atoms with E-state index in [0.717, 1.165) is 5.69 Å². The first kappa shape index (κ1) is 13.8. The molecule has 104 valence electrons. The number of carbonyl (C=O) groups excluding carboxylic acids is 2. The van der Waals surface area contributed by atoms with Gasteiger partial charge < -0.3 is 14.5 Å². The van der Waals surface area contributed by atoms with Crippen LogP contribution in [0.25, 0.3) is 0 Å². The third-order valence-electron chi connectivity index (χ3n) is 2.89. The fraction of sp³-hybridized carbons (Fsp3) is 0.583. The number of carbonyl (C=O) groups is 2. The van der Waals surface area contributed by atoms with Crippen LogP contribution >= 0.6 is 11.3 Å². The summed E-state index contributed by atoms with van der Waals surface area (Å²) in [5.41, 5.74) is 0.860. The van der Waals surface area contributed by atoms with Crippen LogP contribution in [0.5, 0.6) is 0 Å². The lowest BCUT2D eigenvalue weighted by Gasteiger charge is -2.33. The monoisotopic (exact) mass is 283 g/mol. The maximum atomic E-state index is 12.2. The number of amides is 2. The van der Waals surface area contributed by atoms with Crippen LogP contribution in [0.15, 0.2) is 5.38 Å². The van der Waals surface area contributed by atoms with Gasteiger partial charge >= 0.3 is 6.09 Å². The Bertz CT molecular complexity index is 467. The minimum absolute atomic E-state index is 0.0541. The smallest absolute Gasteiger partial charge is 0.409 e. The molecule has 2 rings (SSSR count). The van der Waals surface area contributed by atoms with E-state index in [1.807, 2.05) is 12.3 Å². The van der Waals surface area contributed by atoms with E-state index in [4.69, 9.17) is 4.74 Å². The summed E-state index contributed by atoms with van der Waals surface area (Å²) in [6, 6.07) is 0. The van der Waals surface area contributed by atoms with Crippen LogP contribution in [-0.2, 0) is 4.74 Å². The molecule has 19 heavy (non-hydrogen) atoms. The van der Waals surface area contributed by atoms with Gasteiger partial charge in [0.2, 0.25) is 0 Å². The Labute approximate surface area is 116 Å². The summed E-state index contributed by atoms with van der Waals surface area (Å²) in [5, 5.41) is 2.38. The molecule has 1 aromatic heterocycles. The summed E-state index contributed by atoms with van der Waals surface area (Å²) in [6.45, 7) is 6.08. The maximum Gasteiger partial charge on any atom is 0.409 e. The minimum Gasteiger partial charge on any atom is -0.450 e. The number of thiazole rings is 1. The van der Waals surface area contributed by atoms with Crippen molar-refractivity contribution in [1.82, 2.24) is 14.8 Å². The van der Waals surface area contributed by atoms with Crippen molar-refractivity contribution in [3.63, 3.8) is 0 Å². The summed E-state index contributed by atoms with van der Waals surface area (Å²) >= 11 is 1.36. The minimum atomic E-state index is -0.306. The van der Waals surface area contributed by atoms with Crippen LogP contribution in [0, 0.1) is 6.92 Å². The molecular weight excluding hydrogens is 266 g/mol. The zero-order chi connectivity index (χ0) is 13.8. The van der Waals surface area contributed by atoms with Gasteiger partial charge in [-0.25, -0.2) is 9.78 Å². The Balaban J connectivity index is 1.89. The van der Waals surface area contributed by atoms with Gasteiger partial charge in [0, 0.05) is 37.3 Å². The van der Waals surface area contributed by atoms with E-state index >= 15 is 0 Å². The number of hydrogen-bond acceptors (Lipinski definition) is 5. The van der Waals surface area contributed by atoms with Gasteiger partial charge in [-0.15, -0.1) is 11.3 Å². The number of hydrogen-bond donors (Lipinski definition) is 0. The molecule has 0 unspecified atom stereocenters. The van der Waals surface area contributed by atoms with Crippen molar-refractivity contribution < 1.29 is 14.3 Å². The van der Waals surface area contributed by atoms with Crippen molar-refractivity contribution >= 4 is 23.3 Å². The van der Waals surface area contributed by atoms with E-state index in [1.165, 1.54) is 11.3 Å². The third kappa shape index (κ3) is 3.23. The van der Waals surface area contributed by atoms with Crippen LogP contribution in [0.2, 0.25) is 0 Å². The van der Waals surface area contributed by atoms with Crippen LogP contribution < -0.4 is 0 Å². The number of nitrogens with zero attached hydrogens (tertiary/aromatic N) is 3. The number of aromatic nitrogens is 1. The fourth-order valence-corrected chi connectivity index (χ4v) is 2.66. The second-order valence-corrected chi connectivity index (χ2v) is 5.13. The number of ether oxygens (including phenoxy) is 1. The molecule has 6 nitrogen and oxygen atoms in total. The summed E-state index contributed by atoms with van der Waals surface area (Å²) in [6.07, 6.45) is -0.306. The van der Waals surface area contributed by atoms with Crippen molar-refractivity contribution in [3.05, 3.63) is 16.1 Å². The molecule has 0 saturated carbocycles. The quantitative estimate of drug-likeness (QED) is 0.822. The second-order valence-electron chi connectivity index (χ2n) is 4.27. The highest BCUT2D eigenvalue weighted by atomic mass is 32.1. The number of rotatable bonds is 2. The van der Waals surface area contributed by atoms with Crippen molar-refractivity contribution in [2.24, 2.45) is 0 Å². The molecule has 2 heterocycles. The summed E-state index contributed by atoms with van der Waals surface area (Å²) in [5.74, 6) is -0.0541. The van der Waals surface area contributed by atoms with Gasteiger partial charge in [-0.2, -0.15) is 0 Å². The van der Waals surface area contributed by atoms with Crippen LogP contribution in [0.1, 0.15) is 22.4 Å². The normalized spacial score (nSPS) is 15.5. The van der Waals surface area contributed by atoms with E-state index in [1.54, 1.807) is 16.7 Å². The van der Waals surface area contributed by atoms with Crippen molar-refractivity contribution in [1.29, 1.82) is 0 Å². The van der Waals surface area contributed by atoms with Gasteiger partial charge in [-0.1, -0.05) is 0 Å². The van der Waals surface area contributed by atoms with Gasteiger partial charge in [0.15, 0.2) is 5.01 Å². The summed E-state index contributed by atoms with van der Waals surface area (Å²) < 4.78 is 4.94. The Morgan fingerprint density at radius 2 is 1.95 bits per heavy atom. The third-order valence-corrected chi connectivity index (χ3v) is 3.84. The van der Waals surface area contributed by atoms with E-state index in [2.05, 4.69) is 4.98 Å². The highest BCUT2D eigenvalue weighted by Gasteiger charge is 2.26. The molecule has 7 heteroatoms. The topological polar surface area (TPSA) is 62.7 Å². The van der Waals surface area contributed by atoms with Gasteiger partial charge in [0.05, 0.1) is 6.61 Å². The molecule has 2 amide bonds. The lowest BCUT2D eigenvalue weighted by molar-refractivity contribution is 0.0570. The van der Waals surface area contributed by atoms with Gasteiger partial charge in [-0.05, 0) is 13.8 Å². The molecule has 0 bridgehead atoms. The number of aryl methyl sites for hydroxylation is 1. The SMILES string of the molecule is CCOC(=O)N1CCN(C(=O)c2nc(C)cs2)CC1. The van der Waals surface area contributed by atoms with E-state index in [0.29, 0.717) is 37.8 Å². The van der Waals surface area contributed by atoms with E-state index in [-0.39, 0.29) is 12.0 Å². The molecule has 1 aliphatic rings. The lowest BCUT2D eigenvalue weighted by atomic mass is 10.3. The average Bonchev–Trinajstić information content (AvgIpc) is 2.85. The predicted octanol–water partition coefficient (Wildman–Crippen LogP) is 1.37. The molecule has 0 aliphatic carbocycles. The standard InChI is InChI=1S/C12H17N3O3S/c1-3-18-12(17)15-6-4-14(5-7-15)11(16)10-13-9(2)8-19-10/h8H,3-7H2,1-2H3. The largest absolute Gasteiger partial charge is 0.450 e. The predicted molar refractivity (Wildman–Crippen MR) is 71.3 cm³/mol. The average molecular weight is 283 g/mol. The lowest BCUT2D eigenvalue weighted by Crippen LogP contribution is -2.50. The van der Waals surface area contributed by atoms with Crippen molar-refractivity contribution in [2.75, 3.05) is 32.8 Å². The zero-order valence-electron chi connectivity index (χ0n) is 11.1. The molecule has 0 aromatic carbocycles. The van der Waals surface area contributed by atoms with Crippen molar-refractivity contribution in [3.8, 4) is 0 Å². The Morgan fingerprint density at radius 1 is 1.32 bits per heavy atom. The first-order valence-electron chi connectivity index (χ1n) is 6.25.